The van der Waals surface area contributed by atoms with Gasteiger partial charge in [-0.3, -0.25) is 4.98 Å². The van der Waals surface area contributed by atoms with Gasteiger partial charge in [-0.25, -0.2) is 0 Å². The number of anilines is 1. The number of aryl methyl sites for hydroxylation is 2. The van der Waals surface area contributed by atoms with E-state index in [1.165, 1.54) is 16.7 Å². The first-order valence-electron chi connectivity index (χ1n) is 5.41. The van der Waals surface area contributed by atoms with Gasteiger partial charge in [0, 0.05) is 12.1 Å². The van der Waals surface area contributed by atoms with E-state index in [-0.39, 0.29) is 0 Å². The van der Waals surface area contributed by atoms with Gasteiger partial charge in [0.25, 0.3) is 0 Å². The molecular weight excluding hydrogens is 196 g/mol. The SMILES string of the molecule is Cc1ccc(C)c(Cc2ccc(N)cn2)c1. The van der Waals surface area contributed by atoms with Crippen molar-refractivity contribution in [1.82, 2.24) is 4.98 Å². The van der Waals surface area contributed by atoms with Gasteiger partial charge in [0.1, 0.15) is 0 Å². The molecule has 2 heteroatoms. The summed E-state index contributed by atoms with van der Waals surface area (Å²) in [4.78, 5) is 4.32. The Morgan fingerprint density at radius 2 is 1.94 bits per heavy atom. The van der Waals surface area contributed by atoms with E-state index in [1.807, 2.05) is 12.1 Å². The molecular formula is C14H16N2. The third kappa shape index (κ3) is 2.40. The lowest BCUT2D eigenvalue weighted by molar-refractivity contribution is 1.06. The zero-order valence-corrected chi connectivity index (χ0v) is 9.70. The van der Waals surface area contributed by atoms with E-state index in [2.05, 4.69) is 37.0 Å². The Kier molecular flexibility index (Phi) is 2.91. The van der Waals surface area contributed by atoms with Crippen LogP contribution in [0.3, 0.4) is 0 Å². The van der Waals surface area contributed by atoms with Crippen LogP contribution in [0, 0.1) is 13.8 Å². The number of hydrogen-bond donors (Lipinski definition) is 1. The van der Waals surface area contributed by atoms with Crippen molar-refractivity contribution in [2.75, 3.05) is 5.73 Å². The minimum absolute atomic E-state index is 0.713. The number of hydrogen-bond acceptors (Lipinski definition) is 2. The van der Waals surface area contributed by atoms with Gasteiger partial charge in [0.05, 0.1) is 11.9 Å². The smallest absolute Gasteiger partial charge is 0.0501 e. The van der Waals surface area contributed by atoms with Crippen molar-refractivity contribution < 1.29 is 0 Å². The molecule has 0 aliphatic rings. The summed E-state index contributed by atoms with van der Waals surface area (Å²) < 4.78 is 0. The second-order valence-electron chi connectivity index (χ2n) is 4.19. The molecule has 0 aliphatic carbocycles. The lowest BCUT2D eigenvalue weighted by Gasteiger charge is -2.06. The molecule has 0 unspecified atom stereocenters. The second-order valence-corrected chi connectivity index (χ2v) is 4.19. The first kappa shape index (κ1) is 10.7. The Hall–Kier alpha value is -1.83. The van der Waals surface area contributed by atoms with Gasteiger partial charge in [-0.2, -0.15) is 0 Å². The molecule has 0 radical (unpaired) electrons. The first-order valence-corrected chi connectivity index (χ1v) is 5.41. The van der Waals surface area contributed by atoms with Crippen LogP contribution in [-0.4, -0.2) is 4.98 Å². The van der Waals surface area contributed by atoms with Crippen LogP contribution in [0.15, 0.2) is 36.5 Å². The zero-order chi connectivity index (χ0) is 11.5. The Morgan fingerprint density at radius 3 is 2.62 bits per heavy atom. The third-order valence-corrected chi connectivity index (χ3v) is 2.72. The Labute approximate surface area is 96.1 Å². The molecule has 0 atom stereocenters. The average Bonchev–Trinajstić information content (AvgIpc) is 2.27. The summed E-state index contributed by atoms with van der Waals surface area (Å²) in [7, 11) is 0. The van der Waals surface area contributed by atoms with Crippen LogP contribution in [0.2, 0.25) is 0 Å². The molecule has 82 valence electrons. The lowest BCUT2D eigenvalue weighted by atomic mass is 10.0. The molecule has 16 heavy (non-hydrogen) atoms. The second kappa shape index (κ2) is 4.35. The topological polar surface area (TPSA) is 38.9 Å². The van der Waals surface area contributed by atoms with Gasteiger partial charge in [-0.15, -0.1) is 0 Å². The molecule has 0 bridgehead atoms. The number of nitrogens with zero attached hydrogens (tertiary/aromatic N) is 1. The molecule has 2 N–H and O–H groups in total. The highest BCUT2D eigenvalue weighted by molar-refractivity contribution is 5.37. The fourth-order valence-corrected chi connectivity index (χ4v) is 1.73. The number of aromatic nitrogens is 1. The normalized spacial score (nSPS) is 10.4. The maximum absolute atomic E-state index is 5.61. The summed E-state index contributed by atoms with van der Waals surface area (Å²) in [5.41, 5.74) is 11.3. The van der Waals surface area contributed by atoms with Crippen molar-refractivity contribution in [3.05, 3.63) is 58.9 Å². The molecule has 1 heterocycles. The highest BCUT2D eigenvalue weighted by Gasteiger charge is 2.01. The minimum Gasteiger partial charge on any atom is -0.397 e. The van der Waals surface area contributed by atoms with Gasteiger partial charge in [-0.05, 0) is 37.1 Å². The van der Waals surface area contributed by atoms with Crippen molar-refractivity contribution in [1.29, 1.82) is 0 Å². The van der Waals surface area contributed by atoms with Crippen LogP contribution in [-0.2, 0) is 6.42 Å². The van der Waals surface area contributed by atoms with Gasteiger partial charge in [0.2, 0.25) is 0 Å². The molecule has 2 rings (SSSR count). The van der Waals surface area contributed by atoms with Crippen molar-refractivity contribution in [3.63, 3.8) is 0 Å². The van der Waals surface area contributed by atoms with E-state index >= 15 is 0 Å². The van der Waals surface area contributed by atoms with Crippen molar-refractivity contribution in [2.24, 2.45) is 0 Å². The Morgan fingerprint density at radius 1 is 1.12 bits per heavy atom. The van der Waals surface area contributed by atoms with Crippen molar-refractivity contribution >= 4 is 5.69 Å². The highest BCUT2D eigenvalue weighted by atomic mass is 14.7. The predicted molar refractivity (Wildman–Crippen MR) is 67.4 cm³/mol. The predicted octanol–water partition coefficient (Wildman–Crippen LogP) is 2.87. The van der Waals surface area contributed by atoms with Crippen molar-refractivity contribution in [3.8, 4) is 0 Å². The molecule has 1 aromatic heterocycles. The van der Waals surface area contributed by atoms with Crippen LogP contribution < -0.4 is 5.73 Å². The van der Waals surface area contributed by atoms with Gasteiger partial charge >= 0.3 is 0 Å². The first-order chi connectivity index (χ1) is 7.65. The highest BCUT2D eigenvalue weighted by Crippen LogP contribution is 2.15. The van der Waals surface area contributed by atoms with Gasteiger partial charge < -0.3 is 5.73 Å². The van der Waals surface area contributed by atoms with E-state index in [9.17, 15) is 0 Å². The number of nitrogens with two attached hydrogens (primary N) is 1. The summed E-state index contributed by atoms with van der Waals surface area (Å²) in [6.07, 6.45) is 2.58. The van der Waals surface area contributed by atoms with Crippen LogP contribution in [0.4, 0.5) is 5.69 Å². The van der Waals surface area contributed by atoms with E-state index in [0.29, 0.717) is 5.69 Å². The molecule has 1 aromatic carbocycles. The molecule has 0 fully saturated rings. The number of pyridine rings is 1. The fraction of sp³-hybridized carbons (Fsp3) is 0.214. The number of nitrogen functional groups attached to an aromatic ring is 1. The summed E-state index contributed by atoms with van der Waals surface area (Å²) in [6.45, 7) is 4.24. The zero-order valence-electron chi connectivity index (χ0n) is 9.70. The molecule has 0 spiro atoms. The average molecular weight is 212 g/mol. The molecule has 0 amide bonds. The molecule has 2 aromatic rings. The fourth-order valence-electron chi connectivity index (χ4n) is 1.73. The summed E-state index contributed by atoms with van der Waals surface area (Å²) in [6, 6.07) is 10.4. The molecule has 0 saturated carbocycles. The standard InChI is InChI=1S/C14H16N2/c1-10-3-4-11(2)12(7-10)8-14-6-5-13(15)9-16-14/h3-7,9H,8,15H2,1-2H3. The van der Waals surface area contributed by atoms with E-state index in [1.54, 1.807) is 6.20 Å². The maximum Gasteiger partial charge on any atom is 0.0501 e. The third-order valence-electron chi connectivity index (χ3n) is 2.72. The maximum atomic E-state index is 5.61. The Balaban J connectivity index is 2.26. The van der Waals surface area contributed by atoms with Crippen molar-refractivity contribution in [2.45, 2.75) is 20.3 Å². The summed E-state index contributed by atoms with van der Waals surface area (Å²) >= 11 is 0. The number of benzene rings is 1. The minimum atomic E-state index is 0.713. The van der Waals surface area contributed by atoms with Gasteiger partial charge in [0.15, 0.2) is 0 Å². The summed E-state index contributed by atoms with van der Waals surface area (Å²) in [5.74, 6) is 0. The number of rotatable bonds is 2. The largest absolute Gasteiger partial charge is 0.397 e. The van der Waals surface area contributed by atoms with E-state index in [0.717, 1.165) is 12.1 Å². The van der Waals surface area contributed by atoms with Crippen LogP contribution in [0.1, 0.15) is 22.4 Å². The Bertz CT molecular complexity index is 487. The van der Waals surface area contributed by atoms with Gasteiger partial charge in [-0.1, -0.05) is 23.8 Å². The van der Waals surface area contributed by atoms with Crippen LogP contribution >= 0.6 is 0 Å². The quantitative estimate of drug-likeness (QED) is 0.831. The monoisotopic (exact) mass is 212 g/mol. The summed E-state index contributed by atoms with van der Waals surface area (Å²) in [5, 5.41) is 0. The lowest BCUT2D eigenvalue weighted by Crippen LogP contribution is -1.96. The van der Waals surface area contributed by atoms with E-state index in [4.69, 9.17) is 5.73 Å². The molecule has 2 nitrogen and oxygen atoms in total. The molecule has 0 saturated heterocycles. The van der Waals surface area contributed by atoms with E-state index < -0.39 is 0 Å². The molecule has 0 aliphatic heterocycles. The van der Waals surface area contributed by atoms with Crippen LogP contribution in [0.5, 0.6) is 0 Å². The van der Waals surface area contributed by atoms with Crippen LogP contribution in [0.25, 0.3) is 0 Å².